The van der Waals surface area contributed by atoms with Crippen LogP contribution in [-0.4, -0.2) is 17.8 Å². The third-order valence-corrected chi connectivity index (χ3v) is 3.62. The zero-order valence-corrected chi connectivity index (χ0v) is 12.0. The summed E-state index contributed by atoms with van der Waals surface area (Å²) in [6.45, 7) is 2.58. The topological polar surface area (TPSA) is 48.1 Å². The molecule has 2 aromatic rings. The predicted octanol–water partition coefficient (Wildman–Crippen LogP) is 3.25. The van der Waals surface area contributed by atoms with Crippen LogP contribution in [0.25, 0.3) is 0 Å². The molecule has 0 aliphatic heterocycles. The third kappa shape index (κ3) is 3.49. The number of pyridine rings is 1. The first-order chi connectivity index (χ1) is 9.24. The van der Waals surface area contributed by atoms with E-state index in [-0.39, 0.29) is 6.04 Å². The molecular weight excluding hydrogens is 256 g/mol. The van der Waals surface area contributed by atoms with Crippen LogP contribution in [0.4, 0.5) is 0 Å². The van der Waals surface area contributed by atoms with Crippen LogP contribution in [0, 0.1) is 0 Å². The summed E-state index contributed by atoms with van der Waals surface area (Å²) in [5.74, 6) is 0.760. The van der Waals surface area contributed by atoms with Crippen molar-refractivity contribution >= 4 is 11.8 Å². The Kier molecular flexibility index (Phi) is 4.82. The molecule has 1 atom stereocenters. The van der Waals surface area contributed by atoms with E-state index in [1.54, 1.807) is 24.2 Å². The Bertz CT molecular complexity index is 528. The summed E-state index contributed by atoms with van der Waals surface area (Å²) in [4.78, 5) is 5.41. The van der Waals surface area contributed by atoms with Crippen molar-refractivity contribution in [3.63, 3.8) is 0 Å². The molecule has 0 radical (unpaired) electrons. The molecule has 0 aliphatic rings. The summed E-state index contributed by atoms with van der Waals surface area (Å²) in [5, 5.41) is 0. The molecule has 1 unspecified atom stereocenters. The lowest BCUT2D eigenvalue weighted by molar-refractivity contribution is 0.338. The number of hydrogen-bond acceptors (Lipinski definition) is 4. The highest BCUT2D eigenvalue weighted by Crippen LogP contribution is 2.24. The summed E-state index contributed by atoms with van der Waals surface area (Å²) in [6.07, 6.45) is 5.55. The maximum Gasteiger partial charge on any atom is 0.137 e. The molecule has 0 spiro atoms. The third-order valence-electron chi connectivity index (χ3n) is 2.88. The number of benzene rings is 1. The number of aromatic nitrogens is 1. The van der Waals surface area contributed by atoms with Gasteiger partial charge in [0.05, 0.1) is 18.8 Å². The van der Waals surface area contributed by atoms with Gasteiger partial charge in [-0.05, 0) is 42.5 Å². The normalized spacial score (nSPS) is 12.2. The van der Waals surface area contributed by atoms with Gasteiger partial charge in [0.1, 0.15) is 5.75 Å². The lowest BCUT2D eigenvalue weighted by atomic mass is 10.0. The van der Waals surface area contributed by atoms with Gasteiger partial charge in [0.25, 0.3) is 0 Å². The van der Waals surface area contributed by atoms with E-state index in [9.17, 15) is 0 Å². The van der Waals surface area contributed by atoms with Crippen molar-refractivity contribution in [1.29, 1.82) is 0 Å². The second-order valence-electron chi connectivity index (χ2n) is 4.14. The van der Waals surface area contributed by atoms with Gasteiger partial charge in [0, 0.05) is 11.1 Å². The van der Waals surface area contributed by atoms with E-state index in [2.05, 4.69) is 35.5 Å². The van der Waals surface area contributed by atoms with Gasteiger partial charge >= 0.3 is 0 Å². The van der Waals surface area contributed by atoms with E-state index in [0.29, 0.717) is 6.61 Å². The fourth-order valence-corrected chi connectivity index (χ4v) is 2.26. The molecule has 2 N–H and O–H groups in total. The van der Waals surface area contributed by atoms with Crippen molar-refractivity contribution in [2.24, 2.45) is 5.73 Å². The summed E-state index contributed by atoms with van der Waals surface area (Å²) in [6, 6.07) is 10.1. The van der Waals surface area contributed by atoms with Crippen LogP contribution >= 0.6 is 11.8 Å². The van der Waals surface area contributed by atoms with E-state index in [1.807, 2.05) is 13.0 Å². The van der Waals surface area contributed by atoms with Crippen molar-refractivity contribution in [3.8, 4) is 5.75 Å². The van der Waals surface area contributed by atoms with E-state index in [0.717, 1.165) is 16.9 Å². The average Bonchev–Trinajstić information content (AvgIpc) is 2.47. The second-order valence-corrected chi connectivity index (χ2v) is 5.02. The van der Waals surface area contributed by atoms with Crippen LogP contribution in [-0.2, 0) is 0 Å². The van der Waals surface area contributed by atoms with Crippen LogP contribution < -0.4 is 10.5 Å². The molecule has 0 bridgehead atoms. The molecule has 0 amide bonds. The van der Waals surface area contributed by atoms with Gasteiger partial charge in [-0.15, -0.1) is 11.8 Å². The monoisotopic (exact) mass is 274 g/mol. The predicted molar refractivity (Wildman–Crippen MR) is 79.7 cm³/mol. The van der Waals surface area contributed by atoms with Gasteiger partial charge in [0.15, 0.2) is 0 Å². The van der Waals surface area contributed by atoms with Crippen molar-refractivity contribution in [3.05, 3.63) is 53.9 Å². The molecule has 1 heterocycles. The molecule has 1 aromatic heterocycles. The van der Waals surface area contributed by atoms with Crippen LogP contribution in [0.15, 0.2) is 47.6 Å². The Morgan fingerprint density at radius 2 is 1.95 bits per heavy atom. The summed E-state index contributed by atoms with van der Waals surface area (Å²) in [7, 11) is 0. The molecule has 0 saturated heterocycles. The van der Waals surface area contributed by atoms with Crippen LogP contribution in [0.3, 0.4) is 0 Å². The highest BCUT2D eigenvalue weighted by molar-refractivity contribution is 7.98. The summed E-state index contributed by atoms with van der Waals surface area (Å²) >= 11 is 1.72. The SMILES string of the molecule is CCOc1cncc(C(N)c2ccc(SC)cc2)c1. The van der Waals surface area contributed by atoms with Crippen LogP contribution in [0.5, 0.6) is 5.75 Å². The van der Waals surface area contributed by atoms with Gasteiger partial charge < -0.3 is 10.5 Å². The minimum absolute atomic E-state index is 0.177. The Hall–Kier alpha value is -1.52. The Balaban J connectivity index is 2.22. The molecule has 19 heavy (non-hydrogen) atoms. The number of nitrogens with two attached hydrogens (primary N) is 1. The van der Waals surface area contributed by atoms with Gasteiger partial charge in [0.2, 0.25) is 0 Å². The number of rotatable bonds is 5. The molecule has 0 aliphatic carbocycles. The number of hydrogen-bond donors (Lipinski definition) is 1. The molecular formula is C15H18N2OS. The van der Waals surface area contributed by atoms with Gasteiger partial charge in [-0.1, -0.05) is 12.1 Å². The van der Waals surface area contributed by atoms with E-state index in [4.69, 9.17) is 10.5 Å². The highest BCUT2D eigenvalue weighted by atomic mass is 32.2. The van der Waals surface area contributed by atoms with Gasteiger partial charge in [-0.2, -0.15) is 0 Å². The first-order valence-corrected chi connectivity index (χ1v) is 7.44. The minimum atomic E-state index is -0.177. The maximum absolute atomic E-state index is 6.27. The first kappa shape index (κ1) is 13.9. The van der Waals surface area contributed by atoms with E-state index < -0.39 is 0 Å². The van der Waals surface area contributed by atoms with E-state index >= 15 is 0 Å². The van der Waals surface area contributed by atoms with Crippen molar-refractivity contribution in [2.75, 3.05) is 12.9 Å². The Morgan fingerprint density at radius 1 is 1.21 bits per heavy atom. The Labute approximate surface area is 118 Å². The summed E-state index contributed by atoms with van der Waals surface area (Å²) in [5.41, 5.74) is 8.31. The highest BCUT2D eigenvalue weighted by Gasteiger charge is 2.10. The molecule has 4 heteroatoms. The quantitative estimate of drug-likeness (QED) is 0.850. The fourth-order valence-electron chi connectivity index (χ4n) is 1.85. The average molecular weight is 274 g/mol. The fraction of sp³-hybridized carbons (Fsp3) is 0.267. The standard InChI is InChI=1S/C15H18N2OS/c1-3-18-13-8-12(9-17-10-13)15(16)11-4-6-14(19-2)7-5-11/h4-10,15H,3,16H2,1-2H3. The first-order valence-electron chi connectivity index (χ1n) is 6.22. The number of ether oxygens (including phenoxy) is 1. The van der Waals surface area contributed by atoms with Crippen molar-refractivity contribution in [1.82, 2.24) is 4.98 Å². The molecule has 100 valence electrons. The zero-order chi connectivity index (χ0) is 13.7. The molecule has 2 rings (SSSR count). The van der Waals surface area contributed by atoms with Gasteiger partial charge in [-0.3, -0.25) is 4.98 Å². The molecule has 1 aromatic carbocycles. The van der Waals surface area contributed by atoms with Crippen LogP contribution in [0.1, 0.15) is 24.1 Å². The molecule has 3 nitrogen and oxygen atoms in total. The Morgan fingerprint density at radius 3 is 2.58 bits per heavy atom. The number of nitrogens with zero attached hydrogens (tertiary/aromatic N) is 1. The van der Waals surface area contributed by atoms with Crippen molar-refractivity contribution < 1.29 is 4.74 Å². The molecule has 0 fully saturated rings. The minimum Gasteiger partial charge on any atom is -0.492 e. The van der Waals surface area contributed by atoms with E-state index in [1.165, 1.54) is 4.90 Å². The number of thioether (sulfide) groups is 1. The maximum atomic E-state index is 6.27. The second kappa shape index (κ2) is 6.59. The largest absolute Gasteiger partial charge is 0.492 e. The zero-order valence-electron chi connectivity index (χ0n) is 11.2. The molecule has 0 saturated carbocycles. The van der Waals surface area contributed by atoms with Crippen LogP contribution in [0.2, 0.25) is 0 Å². The summed E-state index contributed by atoms with van der Waals surface area (Å²) < 4.78 is 5.45. The van der Waals surface area contributed by atoms with Gasteiger partial charge in [-0.25, -0.2) is 0 Å². The smallest absolute Gasteiger partial charge is 0.137 e. The lowest BCUT2D eigenvalue weighted by Crippen LogP contribution is -2.12. The van der Waals surface area contributed by atoms with Crippen molar-refractivity contribution in [2.45, 2.75) is 17.9 Å². The lowest BCUT2D eigenvalue weighted by Gasteiger charge is -2.13.